The molecule has 1 aromatic carbocycles. The number of piperidine rings is 1. The highest BCUT2D eigenvalue weighted by molar-refractivity contribution is 7.89. The van der Waals surface area contributed by atoms with Crippen LogP contribution in [0.2, 0.25) is 0 Å². The molecule has 1 aliphatic heterocycles. The Labute approximate surface area is 141 Å². The molecule has 0 radical (unpaired) electrons. The highest BCUT2D eigenvalue weighted by Gasteiger charge is 2.25. The number of carbonyl (C=O) groups is 2. The van der Waals surface area contributed by atoms with Gasteiger partial charge < -0.3 is 10.4 Å². The van der Waals surface area contributed by atoms with E-state index in [-0.39, 0.29) is 11.3 Å². The van der Waals surface area contributed by atoms with E-state index in [9.17, 15) is 18.0 Å². The van der Waals surface area contributed by atoms with Gasteiger partial charge in [0.2, 0.25) is 15.9 Å². The molecule has 0 spiro atoms. The van der Waals surface area contributed by atoms with Crippen molar-refractivity contribution in [1.82, 2.24) is 9.62 Å². The van der Waals surface area contributed by atoms with Crippen LogP contribution in [0.15, 0.2) is 29.2 Å². The first-order valence-corrected chi connectivity index (χ1v) is 9.36. The molecule has 2 N–H and O–H groups in total. The van der Waals surface area contributed by atoms with Crippen LogP contribution < -0.4 is 5.32 Å². The fourth-order valence-electron chi connectivity index (χ4n) is 2.57. The largest absolute Gasteiger partial charge is 0.480 e. The number of sulfonamides is 1. The monoisotopic (exact) mass is 354 g/mol. The summed E-state index contributed by atoms with van der Waals surface area (Å²) >= 11 is 0. The molecule has 1 aliphatic rings. The number of rotatable bonds is 6. The average Bonchev–Trinajstić information content (AvgIpc) is 2.56. The standard InChI is InChI=1S/C16H22N2O5S/c1-12(16(20)21)17-15(19)11-13-5-7-14(8-6-13)24(22,23)18-9-3-2-4-10-18/h5-8,12H,2-4,9-11H2,1H3,(H,17,19)(H,20,21). The highest BCUT2D eigenvalue weighted by atomic mass is 32.2. The highest BCUT2D eigenvalue weighted by Crippen LogP contribution is 2.20. The molecule has 1 aromatic rings. The minimum absolute atomic E-state index is 0.00165. The second-order valence-corrected chi connectivity index (χ2v) is 7.85. The Balaban J connectivity index is 2.02. The van der Waals surface area contributed by atoms with Crippen LogP contribution in [0, 0.1) is 0 Å². The van der Waals surface area contributed by atoms with E-state index in [0.717, 1.165) is 19.3 Å². The van der Waals surface area contributed by atoms with Crippen molar-refractivity contribution in [1.29, 1.82) is 0 Å². The maximum atomic E-state index is 12.5. The number of aliphatic carboxylic acids is 1. The molecule has 1 amide bonds. The quantitative estimate of drug-likeness (QED) is 0.793. The number of hydrogen-bond acceptors (Lipinski definition) is 4. The van der Waals surface area contributed by atoms with E-state index in [1.807, 2.05) is 0 Å². The zero-order valence-electron chi connectivity index (χ0n) is 13.6. The number of carboxylic acids is 1. The van der Waals surface area contributed by atoms with Gasteiger partial charge >= 0.3 is 5.97 Å². The van der Waals surface area contributed by atoms with Gasteiger partial charge in [0.05, 0.1) is 11.3 Å². The van der Waals surface area contributed by atoms with Crippen LogP contribution in [-0.2, 0) is 26.0 Å². The first-order chi connectivity index (χ1) is 11.3. The lowest BCUT2D eigenvalue weighted by Crippen LogP contribution is -2.39. The lowest BCUT2D eigenvalue weighted by Gasteiger charge is -2.25. The molecule has 0 aromatic heterocycles. The average molecular weight is 354 g/mol. The fraction of sp³-hybridized carbons (Fsp3) is 0.500. The molecular weight excluding hydrogens is 332 g/mol. The predicted octanol–water partition coefficient (Wildman–Crippen LogP) is 0.993. The fourth-order valence-corrected chi connectivity index (χ4v) is 4.09. The van der Waals surface area contributed by atoms with Crippen molar-refractivity contribution >= 4 is 21.9 Å². The molecule has 1 atom stereocenters. The first kappa shape index (κ1) is 18.4. The van der Waals surface area contributed by atoms with Gasteiger partial charge in [0.25, 0.3) is 0 Å². The van der Waals surface area contributed by atoms with Gasteiger partial charge in [-0.25, -0.2) is 8.42 Å². The zero-order valence-corrected chi connectivity index (χ0v) is 14.4. The first-order valence-electron chi connectivity index (χ1n) is 7.92. The molecule has 1 fully saturated rings. The Bertz CT molecular complexity index is 694. The number of amides is 1. The lowest BCUT2D eigenvalue weighted by atomic mass is 10.1. The second-order valence-electron chi connectivity index (χ2n) is 5.91. The molecule has 1 heterocycles. The van der Waals surface area contributed by atoms with Crippen LogP contribution in [0.1, 0.15) is 31.7 Å². The molecular formula is C16H22N2O5S. The Morgan fingerprint density at radius 1 is 1.17 bits per heavy atom. The molecule has 0 saturated carbocycles. The maximum absolute atomic E-state index is 12.5. The number of benzene rings is 1. The molecule has 2 rings (SSSR count). The second kappa shape index (κ2) is 7.76. The van der Waals surface area contributed by atoms with E-state index in [4.69, 9.17) is 5.11 Å². The molecule has 132 valence electrons. The summed E-state index contributed by atoms with van der Waals surface area (Å²) in [4.78, 5) is 22.7. The summed E-state index contributed by atoms with van der Waals surface area (Å²) in [5, 5.41) is 11.1. The smallest absolute Gasteiger partial charge is 0.325 e. The van der Waals surface area contributed by atoms with Gasteiger partial charge in [0, 0.05) is 13.1 Å². The number of nitrogens with zero attached hydrogens (tertiary/aromatic N) is 1. The van der Waals surface area contributed by atoms with E-state index < -0.39 is 27.9 Å². The van der Waals surface area contributed by atoms with Crippen molar-refractivity contribution in [3.63, 3.8) is 0 Å². The van der Waals surface area contributed by atoms with Gasteiger partial charge in [-0.15, -0.1) is 0 Å². The third kappa shape index (κ3) is 4.55. The molecule has 0 bridgehead atoms. The normalized spacial score (nSPS) is 17.2. The number of carbonyl (C=O) groups excluding carboxylic acids is 1. The van der Waals surface area contributed by atoms with Crippen molar-refractivity contribution in [3.8, 4) is 0 Å². The van der Waals surface area contributed by atoms with Gasteiger partial charge in [-0.05, 0) is 37.5 Å². The van der Waals surface area contributed by atoms with Crippen LogP contribution in [0.3, 0.4) is 0 Å². The minimum atomic E-state index is -3.48. The molecule has 8 heteroatoms. The van der Waals surface area contributed by atoms with E-state index >= 15 is 0 Å². The van der Waals surface area contributed by atoms with E-state index in [1.54, 1.807) is 12.1 Å². The third-order valence-electron chi connectivity index (χ3n) is 3.99. The number of carboxylic acid groups (broad SMARTS) is 1. The minimum Gasteiger partial charge on any atom is -0.480 e. The number of nitrogens with one attached hydrogen (secondary N) is 1. The van der Waals surface area contributed by atoms with Gasteiger partial charge in [-0.1, -0.05) is 18.6 Å². The Morgan fingerprint density at radius 2 is 1.75 bits per heavy atom. The van der Waals surface area contributed by atoms with Crippen LogP contribution >= 0.6 is 0 Å². The SMILES string of the molecule is CC(NC(=O)Cc1ccc(S(=O)(=O)N2CCCCC2)cc1)C(=O)O. The van der Waals surface area contributed by atoms with Crippen molar-refractivity contribution in [2.24, 2.45) is 0 Å². The Kier molecular flexibility index (Phi) is 5.95. The molecule has 24 heavy (non-hydrogen) atoms. The Morgan fingerprint density at radius 3 is 2.29 bits per heavy atom. The topological polar surface area (TPSA) is 104 Å². The molecule has 0 aliphatic carbocycles. The molecule has 1 unspecified atom stereocenters. The zero-order chi connectivity index (χ0) is 17.7. The lowest BCUT2D eigenvalue weighted by molar-refractivity contribution is -0.141. The summed E-state index contributed by atoms with van der Waals surface area (Å²) in [6.07, 6.45) is 2.80. The van der Waals surface area contributed by atoms with Gasteiger partial charge in [-0.2, -0.15) is 4.31 Å². The summed E-state index contributed by atoms with van der Waals surface area (Å²) in [7, 11) is -3.48. The molecule has 7 nitrogen and oxygen atoms in total. The van der Waals surface area contributed by atoms with Crippen LogP contribution in [0.4, 0.5) is 0 Å². The van der Waals surface area contributed by atoms with Gasteiger partial charge in [-0.3, -0.25) is 9.59 Å². The summed E-state index contributed by atoms with van der Waals surface area (Å²) in [6, 6.07) is 5.19. The van der Waals surface area contributed by atoms with Crippen molar-refractivity contribution < 1.29 is 23.1 Å². The molecule has 1 saturated heterocycles. The summed E-state index contributed by atoms with van der Waals surface area (Å²) in [6.45, 7) is 2.47. The van der Waals surface area contributed by atoms with E-state index in [1.165, 1.54) is 23.4 Å². The number of hydrogen-bond donors (Lipinski definition) is 2. The van der Waals surface area contributed by atoms with Gasteiger partial charge in [0.1, 0.15) is 6.04 Å². The Hall–Kier alpha value is -1.93. The summed E-state index contributed by atoms with van der Waals surface area (Å²) in [5.41, 5.74) is 0.627. The maximum Gasteiger partial charge on any atom is 0.325 e. The summed E-state index contributed by atoms with van der Waals surface area (Å²) in [5.74, 6) is -1.53. The van der Waals surface area contributed by atoms with Gasteiger partial charge in [0.15, 0.2) is 0 Å². The predicted molar refractivity (Wildman–Crippen MR) is 88.0 cm³/mol. The van der Waals surface area contributed by atoms with Crippen molar-refractivity contribution in [3.05, 3.63) is 29.8 Å². The third-order valence-corrected chi connectivity index (χ3v) is 5.90. The van der Waals surface area contributed by atoms with Crippen LogP contribution in [-0.4, -0.2) is 48.8 Å². The van der Waals surface area contributed by atoms with Crippen molar-refractivity contribution in [2.45, 2.75) is 43.5 Å². The van der Waals surface area contributed by atoms with Crippen LogP contribution in [0.25, 0.3) is 0 Å². The van der Waals surface area contributed by atoms with E-state index in [2.05, 4.69) is 5.32 Å². The van der Waals surface area contributed by atoms with E-state index in [0.29, 0.717) is 18.7 Å². The van der Waals surface area contributed by atoms with Crippen molar-refractivity contribution in [2.75, 3.05) is 13.1 Å². The van der Waals surface area contributed by atoms with Crippen LogP contribution in [0.5, 0.6) is 0 Å². The summed E-state index contributed by atoms with van der Waals surface area (Å²) < 4.78 is 26.5.